The van der Waals surface area contributed by atoms with E-state index in [0.717, 1.165) is 18.6 Å². The lowest BCUT2D eigenvalue weighted by molar-refractivity contribution is -0.127. The van der Waals surface area contributed by atoms with Crippen LogP contribution in [0, 0.1) is 5.82 Å². The number of halogens is 1. The number of anilines is 2. The number of carboxylic acids is 1. The van der Waals surface area contributed by atoms with Crippen LogP contribution in [0.25, 0.3) is 0 Å². The maximum absolute atomic E-state index is 13.8. The van der Waals surface area contributed by atoms with Crippen molar-refractivity contribution in [1.82, 2.24) is 4.90 Å². The summed E-state index contributed by atoms with van der Waals surface area (Å²) < 4.78 is 13.8. The molecule has 0 aromatic heterocycles. The first-order valence-electron chi connectivity index (χ1n) is 6.21. The quantitative estimate of drug-likeness (QED) is 0.782. The predicted octanol–water partition coefficient (Wildman–Crippen LogP) is 0.775. The summed E-state index contributed by atoms with van der Waals surface area (Å²) in [5, 5.41) is 8.84. The molecule has 0 unspecified atom stereocenters. The number of rotatable bonds is 2. The van der Waals surface area contributed by atoms with Crippen LogP contribution in [0.3, 0.4) is 0 Å². The maximum atomic E-state index is 13.8. The van der Waals surface area contributed by atoms with Crippen LogP contribution in [0.4, 0.5) is 15.8 Å². The van der Waals surface area contributed by atoms with Gasteiger partial charge in [0, 0.05) is 26.2 Å². The van der Waals surface area contributed by atoms with Crippen molar-refractivity contribution < 1.29 is 19.1 Å². The van der Waals surface area contributed by atoms with Gasteiger partial charge in [-0.2, -0.15) is 0 Å². The van der Waals surface area contributed by atoms with Crippen molar-refractivity contribution in [2.45, 2.75) is 6.42 Å². The van der Waals surface area contributed by atoms with Crippen molar-refractivity contribution >= 4 is 23.3 Å². The Morgan fingerprint density at radius 1 is 1.40 bits per heavy atom. The summed E-state index contributed by atoms with van der Waals surface area (Å²) in [5.74, 6) is -2.30. The van der Waals surface area contributed by atoms with Gasteiger partial charge in [0.15, 0.2) is 0 Å². The lowest BCUT2D eigenvalue weighted by Crippen LogP contribution is -2.34. The Hall–Kier alpha value is -2.31. The largest absolute Gasteiger partial charge is 0.478 e. The number of aromatic carboxylic acids is 1. The molecule has 6 nitrogen and oxygen atoms in total. The number of hydrogen-bond acceptors (Lipinski definition) is 4. The third kappa shape index (κ3) is 2.66. The van der Waals surface area contributed by atoms with E-state index in [1.54, 1.807) is 16.8 Å². The highest BCUT2D eigenvalue weighted by Gasteiger charge is 2.22. The highest BCUT2D eigenvalue weighted by molar-refractivity contribution is 5.91. The molecule has 3 N–H and O–H groups in total. The van der Waals surface area contributed by atoms with Crippen LogP contribution < -0.4 is 10.6 Å². The van der Waals surface area contributed by atoms with Gasteiger partial charge in [-0.25, -0.2) is 9.18 Å². The molecule has 1 aliphatic rings. The molecular weight excluding hydrogens is 265 g/mol. The second kappa shape index (κ2) is 5.36. The number of carboxylic acid groups (broad SMARTS) is 1. The Morgan fingerprint density at radius 3 is 2.75 bits per heavy atom. The summed E-state index contributed by atoms with van der Waals surface area (Å²) in [4.78, 5) is 26.0. The Balaban J connectivity index is 2.35. The molecule has 7 heteroatoms. The van der Waals surface area contributed by atoms with Crippen molar-refractivity contribution in [2.75, 3.05) is 37.3 Å². The maximum Gasteiger partial charge on any atom is 0.338 e. The van der Waals surface area contributed by atoms with Gasteiger partial charge in [0.2, 0.25) is 5.91 Å². The molecule has 1 aliphatic heterocycles. The number of nitrogens with two attached hydrogens (primary N) is 1. The summed E-state index contributed by atoms with van der Waals surface area (Å²) >= 11 is 0. The second-order valence-electron chi connectivity index (χ2n) is 4.79. The van der Waals surface area contributed by atoms with E-state index < -0.39 is 17.3 Å². The van der Waals surface area contributed by atoms with Crippen molar-refractivity contribution in [3.63, 3.8) is 0 Å². The van der Waals surface area contributed by atoms with Crippen molar-refractivity contribution in [3.8, 4) is 0 Å². The van der Waals surface area contributed by atoms with E-state index in [9.17, 15) is 14.0 Å². The number of benzene rings is 1. The molecule has 0 atom stereocenters. The van der Waals surface area contributed by atoms with Crippen molar-refractivity contribution in [1.29, 1.82) is 0 Å². The molecule has 1 aromatic carbocycles. The van der Waals surface area contributed by atoms with Crippen LogP contribution in [0.5, 0.6) is 0 Å². The molecular formula is C13H16FN3O3. The average Bonchev–Trinajstić information content (AvgIpc) is 2.54. The molecule has 0 aliphatic carbocycles. The van der Waals surface area contributed by atoms with Crippen LogP contribution in [-0.2, 0) is 4.79 Å². The molecule has 1 amide bonds. The molecule has 2 rings (SSSR count). The minimum atomic E-state index is -1.37. The van der Waals surface area contributed by atoms with Gasteiger partial charge >= 0.3 is 5.97 Å². The summed E-state index contributed by atoms with van der Waals surface area (Å²) in [5.41, 5.74) is 5.84. The topological polar surface area (TPSA) is 86.9 Å². The molecule has 108 valence electrons. The monoisotopic (exact) mass is 281 g/mol. The normalized spacial score (nSPS) is 16.2. The van der Waals surface area contributed by atoms with Gasteiger partial charge < -0.3 is 20.6 Å². The molecule has 0 bridgehead atoms. The van der Waals surface area contributed by atoms with E-state index in [4.69, 9.17) is 10.8 Å². The van der Waals surface area contributed by atoms with Crippen LogP contribution in [0.1, 0.15) is 16.8 Å². The summed E-state index contributed by atoms with van der Waals surface area (Å²) in [6, 6.07) is 2.17. The molecule has 1 aromatic rings. The lowest BCUT2D eigenvalue weighted by Gasteiger charge is -2.23. The number of nitrogens with zero attached hydrogens (tertiary/aromatic N) is 2. The summed E-state index contributed by atoms with van der Waals surface area (Å²) in [6.45, 7) is 1.30. The average molecular weight is 281 g/mol. The van der Waals surface area contributed by atoms with Crippen LogP contribution in [0.15, 0.2) is 12.1 Å². The van der Waals surface area contributed by atoms with Gasteiger partial charge in [-0.3, -0.25) is 4.79 Å². The number of likely N-dealkylation sites (N-methyl/N-ethyl adjacent to an activating group) is 1. The Bertz CT molecular complexity index is 562. The minimum absolute atomic E-state index is 0.0791. The summed E-state index contributed by atoms with van der Waals surface area (Å²) in [6.07, 6.45) is 0.740. The molecule has 20 heavy (non-hydrogen) atoms. The van der Waals surface area contributed by atoms with Gasteiger partial charge in [-0.15, -0.1) is 0 Å². The second-order valence-corrected chi connectivity index (χ2v) is 4.79. The third-order valence-corrected chi connectivity index (χ3v) is 3.36. The van der Waals surface area contributed by atoms with E-state index in [1.165, 1.54) is 0 Å². The molecule has 0 spiro atoms. The number of carbonyl (C=O) groups excluding carboxylic acids is 1. The van der Waals surface area contributed by atoms with E-state index >= 15 is 0 Å². The first kappa shape index (κ1) is 14.1. The van der Waals surface area contributed by atoms with E-state index in [0.29, 0.717) is 18.8 Å². The van der Waals surface area contributed by atoms with Crippen molar-refractivity contribution in [3.05, 3.63) is 23.5 Å². The number of nitrogen functional groups attached to an aromatic ring is 1. The van der Waals surface area contributed by atoms with Crippen LogP contribution in [-0.4, -0.2) is 48.6 Å². The lowest BCUT2D eigenvalue weighted by atomic mass is 10.1. The van der Waals surface area contributed by atoms with Crippen molar-refractivity contribution in [2.24, 2.45) is 0 Å². The van der Waals surface area contributed by atoms with E-state index in [-0.39, 0.29) is 18.1 Å². The zero-order chi connectivity index (χ0) is 14.9. The first-order chi connectivity index (χ1) is 9.40. The third-order valence-electron chi connectivity index (χ3n) is 3.36. The molecule has 1 heterocycles. The van der Waals surface area contributed by atoms with E-state index in [2.05, 4.69) is 0 Å². The van der Waals surface area contributed by atoms with Gasteiger partial charge in [-0.1, -0.05) is 0 Å². The Labute approximate surface area is 115 Å². The Kier molecular flexibility index (Phi) is 3.78. The molecule has 1 saturated heterocycles. The smallest absolute Gasteiger partial charge is 0.338 e. The molecule has 1 fully saturated rings. The van der Waals surface area contributed by atoms with Crippen LogP contribution in [0.2, 0.25) is 0 Å². The molecule has 0 saturated carbocycles. The van der Waals surface area contributed by atoms with Gasteiger partial charge in [-0.05, 0) is 12.5 Å². The minimum Gasteiger partial charge on any atom is -0.478 e. The number of hydrogen-bond donors (Lipinski definition) is 2. The molecule has 0 radical (unpaired) electrons. The zero-order valence-corrected chi connectivity index (χ0v) is 11.1. The fourth-order valence-corrected chi connectivity index (χ4v) is 2.21. The fraction of sp³-hybridized carbons (Fsp3) is 0.385. The number of carbonyl (C=O) groups is 2. The standard InChI is InChI=1S/C13H16FN3O3/c1-16-3-2-4-17(7-12(16)18)11-6-9(14)8(13(19)20)5-10(11)15/h5-6H,2-4,7,15H2,1H3,(H,19,20). The van der Waals surface area contributed by atoms with Crippen LogP contribution >= 0.6 is 0 Å². The fourth-order valence-electron chi connectivity index (χ4n) is 2.21. The van der Waals surface area contributed by atoms with Gasteiger partial charge in [0.25, 0.3) is 0 Å². The van der Waals surface area contributed by atoms with Gasteiger partial charge in [0.1, 0.15) is 5.82 Å². The van der Waals surface area contributed by atoms with Gasteiger partial charge in [0.05, 0.1) is 23.5 Å². The predicted molar refractivity (Wildman–Crippen MR) is 72.2 cm³/mol. The highest BCUT2D eigenvalue weighted by Crippen LogP contribution is 2.27. The first-order valence-corrected chi connectivity index (χ1v) is 6.21. The van der Waals surface area contributed by atoms with E-state index in [1.807, 2.05) is 0 Å². The SMILES string of the molecule is CN1CCCN(c2cc(F)c(C(=O)O)cc2N)CC1=O. The highest BCUT2D eigenvalue weighted by atomic mass is 19.1. The number of amides is 1. The Morgan fingerprint density at radius 2 is 2.10 bits per heavy atom. The zero-order valence-electron chi connectivity index (χ0n) is 11.1. The summed E-state index contributed by atoms with van der Waals surface area (Å²) in [7, 11) is 1.71.